The van der Waals surface area contributed by atoms with Crippen molar-refractivity contribution in [1.82, 2.24) is 4.31 Å². The van der Waals surface area contributed by atoms with Crippen molar-refractivity contribution < 1.29 is 13.2 Å². The number of ketones is 1. The fourth-order valence-corrected chi connectivity index (χ4v) is 3.29. The molecule has 0 amide bonds. The first kappa shape index (κ1) is 13.4. The molecule has 0 saturated heterocycles. The van der Waals surface area contributed by atoms with E-state index < -0.39 is 10.0 Å². The van der Waals surface area contributed by atoms with E-state index in [-0.39, 0.29) is 18.4 Å². The Bertz CT molecular complexity index is 355. The molecule has 4 nitrogen and oxygen atoms in total. The number of hydrogen-bond acceptors (Lipinski definition) is 3. The minimum Gasteiger partial charge on any atom is -0.299 e. The molecule has 0 N–H and O–H groups in total. The van der Waals surface area contributed by atoms with Gasteiger partial charge in [0.2, 0.25) is 10.0 Å². The summed E-state index contributed by atoms with van der Waals surface area (Å²) in [6.07, 6.45) is 4.91. The van der Waals surface area contributed by atoms with Crippen molar-refractivity contribution in [2.45, 2.75) is 45.1 Å². The first-order valence-corrected chi connectivity index (χ1v) is 7.11. The van der Waals surface area contributed by atoms with Crippen molar-refractivity contribution >= 4 is 15.8 Å². The van der Waals surface area contributed by atoms with Crippen molar-refractivity contribution in [2.75, 3.05) is 6.54 Å². The third-order valence-electron chi connectivity index (χ3n) is 2.90. The van der Waals surface area contributed by atoms with Crippen LogP contribution in [0, 0.1) is 0 Å². The summed E-state index contributed by atoms with van der Waals surface area (Å²) in [5.74, 6) is -0.129. The predicted molar refractivity (Wildman–Crippen MR) is 63.4 cm³/mol. The SMILES string of the molecule is C=CS(=O)(=O)N(CC(C)=O)C1CCCCC1. The molecule has 0 unspecified atom stereocenters. The summed E-state index contributed by atoms with van der Waals surface area (Å²) >= 11 is 0. The minimum absolute atomic E-state index is 0.0272. The van der Waals surface area contributed by atoms with Crippen LogP contribution in [0.1, 0.15) is 39.0 Å². The lowest BCUT2D eigenvalue weighted by molar-refractivity contribution is -0.117. The Morgan fingerprint density at radius 3 is 2.38 bits per heavy atom. The molecule has 16 heavy (non-hydrogen) atoms. The molecule has 0 atom stereocenters. The normalized spacial score (nSPS) is 18.6. The average molecular weight is 245 g/mol. The Hall–Kier alpha value is -0.680. The number of Topliss-reactive ketones (excluding diaryl/α,β-unsaturated/α-hetero) is 1. The molecule has 1 rings (SSSR count). The van der Waals surface area contributed by atoms with Crippen molar-refractivity contribution in [2.24, 2.45) is 0 Å². The summed E-state index contributed by atoms with van der Waals surface area (Å²) < 4.78 is 24.9. The van der Waals surface area contributed by atoms with Crippen LogP contribution in [0.2, 0.25) is 0 Å². The Morgan fingerprint density at radius 1 is 1.38 bits per heavy atom. The zero-order chi connectivity index (χ0) is 12.2. The second kappa shape index (κ2) is 5.59. The molecule has 1 saturated carbocycles. The predicted octanol–water partition coefficient (Wildman–Crippen LogP) is 1.68. The van der Waals surface area contributed by atoms with Gasteiger partial charge in [0.05, 0.1) is 6.54 Å². The van der Waals surface area contributed by atoms with Crippen molar-refractivity contribution in [3.05, 3.63) is 12.0 Å². The van der Waals surface area contributed by atoms with E-state index in [1.165, 1.54) is 11.2 Å². The third-order valence-corrected chi connectivity index (χ3v) is 4.40. The molecule has 1 aliphatic rings. The monoisotopic (exact) mass is 245 g/mol. The zero-order valence-corrected chi connectivity index (χ0v) is 10.5. The van der Waals surface area contributed by atoms with Gasteiger partial charge in [-0.1, -0.05) is 25.8 Å². The molecule has 1 aliphatic carbocycles. The van der Waals surface area contributed by atoms with Gasteiger partial charge < -0.3 is 0 Å². The summed E-state index contributed by atoms with van der Waals surface area (Å²) in [5, 5.41) is 0.935. The Balaban J connectivity index is 2.85. The standard InChI is InChI=1S/C11H19NO3S/c1-3-16(14,15)12(9-10(2)13)11-7-5-4-6-8-11/h3,11H,1,4-9H2,2H3. The van der Waals surface area contributed by atoms with Crippen molar-refractivity contribution in [3.63, 3.8) is 0 Å². The van der Waals surface area contributed by atoms with E-state index in [9.17, 15) is 13.2 Å². The minimum atomic E-state index is -3.48. The number of hydrogen-bond donors (Lipinski definition) is 0. The maximum Gasteiger partial charge on any atom is 0.236 e. The number of carbonyl (C=O) groups excluding carboxylic acids is 1. The van der Waals surface area contributed by atoms with E-state index in [1.54, 1.807) is 0 Å². The van der Waals surface area contributed by atoms with Crippen molar-refractivity contribution in [3.8, 4) is 0 Å². The number of rotatable bonds is 5. The van der Waals surface area contributed by atoms with Crippen LogP contribution < -0.4 is 0 Å². The molecule has 0 aromatic rings. The molecular weight excluding hydrogens is 226 g/mol. The zero-order valence-electron chi connectivity index (χ0n) is 9.68. The molecular formula is C11H19NO3S. The topological polar surface area (TPSA) is 54.5 Å². The third kappa shape index (κ3) is 3.42. The second-order valence-electron chi connectivity index (χ2n) is 4.25. The van der Waals surface area contributed by atoms with Gasteiger partial charge in [-0.15, -0.1) is 0 Å². The van der Waals surface area contributed by atoms with Crippen LogP contribution in [0.15, 0.2) is 12.0 Å². The first-order valence-electron chi connectivity index (χ1n) is 5.61. The molecule has 0 spiro atoms. The summed E-state index contributed by atoms with van der Waals surface area (Å²) in [5.41, 5.74) is 0. The van der Waals surface area contributed by atoms with Gasteiger partial charge in [0.15, 0.2) is 0 Å². The van der Waals surface area contributed by atoms with Crippen LogP contribution in [0.25, 0.3) is 0 Å². The summed E-state index contributed by atoms with van der Waals surface area (Å²) in [7, 11) is -3.48. The fourth-order valence-electron chi connectivity index (χ4n) is 2.11. The molecule has 5 heteroatoms. The summed E-state index contributed by atoms with van der Waals surface area (Å²) in [4.78, 5) is 11.1. The van der Waals surface area contributed by atoms with Crippen LogP contribution >= 0.6 is 0 Å². The lowest BCUT2D eigenvalue weighted by atomic mass is 9.95. The number of sulfonamides is 1. The average Bonchev–Trinajstić information content (AvgIpc) is 2.27. The summed E-state index contributed by atoms with van der Waals surface area (Å²) in [6.45, 7) is 4.70. The molecule has 0 aromatic carbocycles. The van der Waals surface area contributed by atoms with E-state index >= 15 is 0 Å². The highest BCUT2D eigenvalue weighted by molar-refractivity contribution is 7.92. The first-order chi connectivity index (χ1) is 7.47. The van der Waals surface area contributed by atoms with Crippen LogP contribution in [0.5, 0.6) is 0 Å². The van der Waals surface area contributed by atoms with Gasteiger partial charge in [-0.2, -0.15) is 4.31 Å². The maximum absolute atomic E-state index is 11.8. The highest BCUT2D eigenvalue weighted by atomic mass is 32.2. The lowest BCUT2D eigenvalue weighted by Crippen LogP contribution is -2.42. The smallest absolute Gasteiger partial charge is 0.236 e. The van der Waals surface area contributed by atoms with Crippen molar-refractivity contribution in [1.29, 1.82) is 0 Å². The van der Waals surface area contributed by atoms with Crippen LogP contribution in [-0.4, -0.2) is 31.1 Å². The molecule has 0 heterocycles. The van der Waals surface area contributed by atoms with E-state index in [0.717, 1.165) is 37.5 Å². The Labute approximate surface area is 97.4 Å². The Kier molecular flexibility index (Phi) is 4.68. The van der Waals surface area contributed by atoms with E-state index in [2.05, 4.69) is 6.58 Å². The van der Waals surface area contributed by atoms with E-state index in [0.29, 0.717) is 0 Å². The second-order valence-corrected chi connectivity index (χ2v) is 6.08. The number of carbonyl (C=O) groups is 1. The van der Waals surface area contributed by atoms with Gasteiger partial charge in [0.25, 0.3) is 0 Å². The molecule has 0 bridgehead atoms. The maximum atomic E-state index is 11.8. The van der Waals surface area contributed by atoms with Gasteiger partial charge in [-0.25, -0.2) is 8.42 Å². The van der Waals surface area contributed by atoms with Crippen LogP contribution in [0.4, 0.5) is 0 Å². The van der Waals surface area contributed by atoms with Gasteiger partial charge in [-0.3, -0.25) is 4.79 Å². The van der Waals surface area contributed by atoms with Gasteiger partial charge in [-0.05, 0) is 19.8 Å². The lowest BCUT2D eigenvalue weighted by Gasteiger charge is -2.31. The van der Waals surface area contributed by atoms with Gasteiger partial charge in [0.1, 0.15) is 5.78 Å². The molecule has 92 valence electrons. The van der Waals surface area contributed by atoms with E-state index in [1.807, 2.05) is 0 Å². The fraction of sp³-hybridized carbons (Fsp3) is 0.727. The molecule has 1 fully saturated rings. The van der Waals surface area contributed by atoms with E-state index in [4.69, 9.17) is 0 Å². The van der Waals surface area contributed by atoms with Crippen LogP contribution in [-0.2, 0) is 14.8 Å². The van der Waals surface area contributed by atoms with Gasteiger partial charge in [0, 0.05) is 11.4 Å². The number of nitrogens with zero attached hydrogens (tertiary/aromatic N) is 1. The molecule has 0 aromatic heterocycles. The molecule has 0 radical (unpaired) electrons. The largest absolute Gasteiger partial charge is 0.299 e. The van der Waals surface area contributed by atoms with Gasteiger partial charge >= 0.3 is 0 Å². The highest BCUT2D eigenvalue weighted by Gasteiger charge is 2.29. The Morgan fingerprint density at radius 2 is 1.94 bits per heavy atom. The quantitative estimate of drug-likeness (QED) is 0.740. The summed E-state index contributed by atoms with van der Waals surface area (Å²) in [6, 6.07) is -0.0272. The highest BCUT2D eigenvalue weighted by Crippen LogP contribution is 2.24. The van der Waals surface area contributed by atoms with Crippen LogP contribution in [0.3, 0.4) is 0 Å². The molecule has 0 aliphatic heterocycles.